The summed E-state index contributed by atoms with van der Waals surface area (Å²) in [7, 11) is 0. The highest BCUT2D eigenvalue weighted by Crippen LogP contribution is 2.34. The summed E-state index contributed by atoms with van der Waals surface area (Å²) in [6.07, 6.45) is 1.88. The quantitative estimate of drug-likeness (QED) is 0.201. The Bertz CT molecular complexity index is 1370. The molecule has 0 amide bonds. The first-order chi connectivity index (χ1) is 18.7. The van der Waals surface area contributed by atoms with Crippen LogP contribution < -0.4 is 4.90 Å². The molecule has 7 nitrogen and oxygen atoms in total. The lowest BCUT2D eigenvalue weighted by atomic mass is 10.1. The lowest BCUT2D eigenvalue weighted by Gasteiger charge is -2.28. The zero-order valence-electron chi connectivity index (χ0n) is 20.9. The van der Waals surface area contributed by atoms with E-state index in [4.69, 9.17) is 14.4 Å². The highest BCUT2D eigenvalue weighted by Gasteiger charge is 2.23. The van der Waals surface area contributed by atoms with Crippen LogP contribution in [-0.2, 0) is 14.4 Å². The molecule has 190 valence electrons. The van der Waals surface area contributed by atoms with Gasteiger partial charge in [-0.2, -0.15) is 0 Å². The Morgan fingerprint density at radius 3 is 1.97 bits per heavy atom. The number of para-hydroxylation sites is 2. The molecule has 4 aromatic rings. The maximum absolute atomic E-state index is 12.3. The molecule has 7 heteroatoms. The molecule has 5 rings (SSSR count). The topological polar surface area (TPSA) is 63.6 Å². The molecule has 1 heterocycles. The number of carbonyl (C=O) groups excluding carboxylic acids is 1. The van der Waals surface area contributed by atoms with Gasteiger partial charge in [-0.1, -0.05) is 66.7 Å². The molecular formula is C31H27N3O4. The fraction of sp³-hybridized carbons (Fsp3) is 0.0968. The molecule has 1 fully saturated rings. The van der Waals surface area contributed by atoms with Crippen molar-refractivity contribution in [3.8, 4) is 0 Å². The maximum atomic E-state index is 12.3. The van der Waals surface area contributed by atoms with Gasteiger partial charge in [0.15, 0.2) is 0 Å². The number of ether oxygens (including phenoxy) is 1. The molecule has 0 radical (unpaired) electrons. The van der Waals surface area contributed by atoms with Gasteiger partial charge in [0.05, 0.1) is 5.56 Å². The van der Waals surface area contributed by atoms with Crippen LogP contribution in [0.2, 0.25) is 0 Å². The third kappa shape index (κ3) is 5.91. The first kappa shape index (κ1) is 24.8. The summed E-state index contributed by atoms with van der Waals surface area (Å²) in [5.41, 5.74) is 4.49. The third-order valence-corrected chi connectivity index (χ3v) is 5.81. The van der Waals surface area contributed by atoms with Crippen LogP contribution in [0.5, 0.6) is 0 Å². The highest BCUT2D eigenvalue weighted by molar-refractivity contribution is 5.89. The molecule has 38 heavy (non-hydrogen) atoms. The van der Waals surface area contributed by atoms with Crippen LogP contribution in [-0.4, -0.2) is 30.2 Å². The van der Waals surface area contributed by atoms with E-state index in [-0.39, 0.29) is 12.6 Å². The van der Waals surface area contributed by atoms with Crippen molar-refractivity contribution in [3.05, 3.63) is 132 Å². The summed E-state index contributed by atoms with van der Waals surface area (Å²) < 4.78 is 5.92. The van der Waals surface area contributed by atoms with E-state index < -0.39 is 5.97 Å². The van der Waals surface area contributed by atoms with E-state index in [9.17, 15) is 4.79 Å². The summed E-state index contributed by atoms with van der Waals surface area (Å²) in [4.78, 5) is 25.3. The largest absolute Gasteiger partial charge is 0.424 e. The van der Waals surface area contributed by atoms with Gasteiger partial charge in [-0.15, -0.1) is 0 Å². The second-order valence-electron chi connectivity index (χ2n) is 8.40. The summed E-state index contributed by atoms with van der Waals surface area (Å²) in [6.45, 7) is 2.58. The van der Waals surface area contributed by atoms with Gasteiger partial charge in [0.2, 0.25) is 0 Å². The second kappa shape index (κ2) is 11.9. The molecule has 0 aromatic heterocycles. The number of benzene rings is 4. The first-order valence-corrected chi connectivity index (χ1v) is 12.3. The molecule has 4 aromatic carbocycles. The van der Waals surface area contributed by atoms with Crippen LogP contribution >= 0.6 is 0 Å². The Labute approximate surface area is 221 Å². The Balaban J connectivity index is 1.34. The van der Waals surface area contributed by atoms with E-state index in [0.29, 0.717) is 17.9 Å². The van der Waals surface area contributed by atoms with E-state index >= 15 is 0 Å². The van der Waals surface area contributed by atoms with E-state index in [0.717, 1.165) is 22.6 Å². The normalized spacial score (nSPS) is 15.2. The fourth-order valence-electron chi connectivity index (χ4n) is 3.97. The van der Waals surface area contributed by atoms with E-state index in [1.807, 2.05) is 67.6 Å². The molecule has 0 aliphatic carbocycles. The Kier molecular flexibility index (Phi) is 7.77. The number of hydrogen-bond acceptors (Lipinski definition) is 6. The monoisotopic (exact) mass is 505 g/mol. The van der Waals surface area contributed by atoms with E-state index in [1.54, 1.807) is 24.3 Å². The van der Waals surface area contributed by atoms with Gasteiger partial charge in [-0.3, -0.25) is 4.84 Å². The summed E-state index contributed by atoms with van der Waals surface area (Å²) in [5.74, 6) is -0.0363. The Hall–Kier alpha value is -4.88. The molecule has 0 bridgehead atoms. The van der Waals surface area contributed by atoms with E-state index in [2.05, 4.69) is 46.5 Å². The molecule has 1 saturated heterocycles. The number of nitrogens with zero attached hydrogens (tertiary/aromatic N) is 3. The molecule has 0 N–H and O–H groups in total. The smallest absolute Gasteiger partial charge is 0.365 e. The van der Waals surface area contributed by atoms with Crippen molar-refractivity contribution in [2.75, 3.05) is 18.1 Å². The number of hydroxylamine groups is 2. The minimum atomic E-state index is -0.578. The van der Waals surface area contributed by atoms with Crippen molar-refractivity contribution >= 4 is 35.1 Å². The molecule has 0 unspecified atom stereocenters. The maximum Gasteiger partial charge on any atom is 0.365 e. The lowest BCUT2D eigenvalue weighted by molar-refractivity contribution is -0.133. The average Bonchev–Trinajstić information content (AvgIpc) is 2.98. The van der Waals surface area contributed by atoms with Crippen LogP contribution in [0.1, 0.15) is 22.8 Å². The predicted molar refractivity (Wildman–Crippen MR) is 148 cm³/mol. The van der Waals surface area contributed by atoms with Gasteiger partial charge >= 0.3 is 12.0 Å². The molecule has 0 atom stereocenters. The fourth-order valence-corrected chi connectivity index (χ4v) is 3.97. The molecule has 1 aliphatic rings. The number of rotatable bonds is 7. The van der Waals surface area contributed by atoms with Gasteiger partial charge in [-0.05, 0) is 72.2 Å². The van der Waals surface area contributed by atoms with Crippen molar-refractivity contribution in [2.24, 2.45) is 5.16 Å². The third-order valence-electron chi connectivity index (χ3n) is 5.81. The van der Waals surface area contributed by atoms with Gasteiger partial charge in [-0.25, -0.2) is 9.86 Å². The Morgan fingerprint density at radius 1 is 0.842 bits per heavy atom. The average molecular weight is 506 g/mol. The predicted octanol–water partition coefficient (Wildman–Crippen LogP) is 6.91. The minimum absolute atomic E-state index is 0.0604. The SMILES string of the molecule is CCN1OC/C(=C\c2ccc(N(c3ccccc3)c3ccccc3)cc2)OC1=NOC(=O)c1ccccc1. The number of amidine groups is 1. The molecule has 0 spiro atoms. The standard InChI is InChI=1S/C31H27N3O4/c1-2-33-31(32-38-30(35)25-12-6-3-7-13-25)37-29(23-36-33)22-24-18-20-28(21-19-24)34(26-14-8-4-9-15-26)27-16-10-5-11-17-27/h3-22H,2,23H2,1H3/b29-22+,32-31?. The van der Waals surface area contributed by atoms with Gasteiger partial charge in [0.1, 0.15) is 12.4 Å². The summed E-state index contributed by atoms with van der Waals surface area (Å²) in [6, 6.07) is 37.3. The van der Waals surface area contributed by atoms with Gasteiger partial charge in [0.25, 0.3) is 0 Å². The zero-order valence-corrected chi connectivity index (χ0v) is 20.9. The van der Waals surface area contributed by atoms with Gasteiger partial charge in [0, 0.05) is 23.6 Å². The molecule has 1 aliphatic heterocycles. The summed E-state index contributed by atoms with van der Waals surface area (Å²) in [5, 5.41) is 5.35. The van der Waals surface area contributed by atoms with Gasteiger partial charge < -0.3 is 14.5 Å². The molecule has 0 saturated carbocycles. The van der Waals surface area contributed by atoms with Crippen LogP contribution in [0.15, 0.2) is 126 Å². The summed E-state index contributed by atoms with van der Waals surface area (Å²) >= 11 is 0. The number of oxime groups is 1. The van der Waals surface area contributed by atoms with Crippen LogP contribution in [0.25, 0.3) is 6.08 Å². The van der Waals surface area contributed by atoms with Crippen molar-refractivity contribution in [1.29, 1.82) is 0 Å². The number of anilines is 3. The van der Waals surface area contributed by atoms with Crippen molar-refractivity contribution < 1.29 is 19.2 Å². The lowest BCUT2D eigenvalue weighted by Crippen LogP contribution is -2.38. The number of hydrogen-bond donors (Lipinski definition) is 0. The van der Waals surface area contributed by atoms with Crippen LogP contribution in [0, 0.1) is 0 Å². The van der Waals surface area contributed by atoms with Crippen molar-refractivity contribution in [1.82, 2.24) is 5.06 Å². The van der Waals surface area contributed by atoms with Crippen molar-refractivity contribution in [2.45, 2.75) is 6.92 Å². The number of carbonyl (C=O) groups is 1. The van der Waals surface area contributed by atoms with E-state index in [1.165, 1.54) is 5.06 Å². The minimum Gasteiger partial charge on any atom is -0.424 e. The molecular weight excluding hydrogens is 478 g/mol. The van der Waals surface area contributed by atoms with Crippen molar-refractivity contribution in [3.63, 3.8) is 0 Å². The van der Waals surface area contributed by atoms with Crippen LogP contribution in [0.3, 0.4) is 0 Å². The second-order valence-corrected chi connectivity index (χ2v) is 8.40. The first-order valence-electron chi connectivity index (χ1n) is 12.3. The Morgan fingerprint density at radius 2 is 1.39 bits per heavy atom. The zero-order chi connectivity index (χ0) is 26.2. The van der Waals surface area contributed by atoms with Crippen LogP contribution in [0.4, 0.5) is 17.1 Å². The highest BCUT2D eigenvalue weighted by atomic mass is 16.8.